The van der Waals surface area contributed by atoms with Crippen LogP contribution in [0.4, 0.5) is 8.78 Å². The van der Waals surface area contributed by atoms with Crippen LogP contribution in [-0.4, -0.2) is 4.21 Å². The molecule has 0 aliphatic heterocycles. The van der Waals surface area contributed by atoms with Gasteiger partial charge in [-0.05, 0) is 0 Å². The van der Waals surface area contributed by atoms with Gasteiger partial charge in [-0.25, -0.2) is 0 Å². The van der Waals surface area contributed by atoms with Gasteiger partial charge in [-0.15, -0.1) is 0 Å². The first-order valence-electron chi connectivity index (χ1n) is 16.4. The molecular weight excluding hydrogens is 646 g/mol. The number of rotatable bonds is 4. The van der Waals surface area contributed by atoms with Gasteiger partial charge in [-0.3, -0.25) is 0 Å². The second kappa shape index (κ2) is 9.51. The van der Waals surface area contributed by atoms with Crippen molar-refractivity contribution < 1.29 is 27.1 Å². The number of hydrogen-bond acceptors (Lipinski definition) is 0. The summed E-state index contributed by atoms with van der Waals surface area (Å²) < 4.78 is 39.5. The molecule has 1 atom stereocenters. The van der Waals surface area contributed by atoms with Crippen LogP contribution in [-0.2, 0) is 35.5 Å². The van der Waals surface area contributed by atoms with Crippen LogP contribution in [0, 0.1) is 17.6 Å². The van der Waals surface area contributed by atoms with Gasteiger partial charge in [0.05, 0.1) is 0 Å². The predicted molar refractivity (Wildman–Crippen MR) is 188 cm³/mol. The molecule has 4 aliphatic carbocycles. The third kappa shape index (κ3) is 3.82. The molecule has 0 N–H and O–H groups in total. The van der Waals surface area contributed by atoms with Crippen molar-refractivity contribution in [2.24, 2.45) is 5.92 Å². The second-order valence-electron chi connectivity index (χ2n) is 15.4. The first-order valence-corrected chi connectivity index (χ1v) is 23.1. The first kappa shape index (κ1) is 29.8. The van der Waals surface area contributed by atoms with Crippen molar-refractivity contribution >= 4 is 22.9 Å². The Hall–Kier alpha value is -3.55. The van der Waals surface area contributed by atoms with E-state index in [1.165, 1.54) is 56.6 Å². The minimum absolute atomic E-state index is 0.0548. The molecule has 8 rings (SSSR count). The molecule has 4 aromatic carbocycles. The van der Waals surface area contributed by atoms with Crippen molar-refractivity contribution in [1.29, 1.82) is 0 Å². The Morgan fingerprint density at radius 2 is 1.28 bits per heavy atom. The quantitative estimate of drug-likeness (QED) is 0.177. The zero-order valence-electron chi connectivity index (χ0n) is 27.6. The molecule has 0 fully saturated rings. The van der Waals surface area contributed by atoms with Gasteiger partial charge >= 0.3 is 274 Å². The number of benzene rings is 4. The standard InChI is InChI=1S/C23H21.C7H9.2C6H4F.CH2.Zr/c1-22(2)7-5-14-10-18-16(12-20(14)22)9-17-13-21-15(11-19(17)18)6-8-23(21,3)4;1-6-3-4-7(2)5-6;2*7-6-4-2-1-3-5-6;;/h5-7,10-13H,9H2,1-4H3;3,5,7H,1-2H3;2*2-5H;1H2;. The molecule has 230 valence electrons. The fourth-order valence-electron chi connectivity index (χ4n) is 9.57. The van der Waals surface area contributed by atoms with Crippen molar-refractivity contribution in [2.75, 3.05) is 0 Å². The Morgan fingerprint density at radius 3 is 1.83 bits per heavy atom. The molecule has 0 saturated carbocycles. The van der Waals surface area contributed by atoms with Crippen molar-refractivity contribution in [2.45, 2.75) is 58.8 Å². The van der Waals surface area contributed by atoms with E-state index in [0.29, 0.717) is 0 Å². The Bertz CT molecular complexity index is 2150. The maximum absolute atomic E-state index is 14.6. The second-order valence-corrected chi connectivity index (χ2v) is 28.1. The summed E-state index contributed by atoms with van der Waals surface area (Å²) in [6, 6.07) is 23.8. The Balaban J connectivity index is 1.42. The SMILES string of the molecule is [CH2]=[Zr]([C]1=CC(C)=CC1C)([C]1=Cc2cc3c(cc2C1(C)C)Cc1cc2c(cc1-3)C=CC2(C)C)([c]1ccc(F)cc1)[c]1ccc(F)cc1. The number of fused-ring (bicyclic) bond motifs is 5. The first-order chi connectivity index (χ1) is 21.7. The molecule has 0 nitrogen and oxygen atoms in total. The van der Waals surface area contributed by atoms with E-state index in [1.54, 1.807) is 24.3 Å². The van der Waals surface area contributed by atoms with Crippen molar-refractivity contribution in [3.05, 3.63) is 148 Å². The van der Waals surface area contributed by atoms with Gasteiger partial charge in [-0.2, -0.15) is 0 Å². The predicted octanol–water partition coefficient (Wildman–Crippen LogP) is 9.72. The van der Waals surface area contributed by atoms with Crippen LogP contribution in [0.2, 0.25) is 0 Å². The molecule has 0 spiro atoms. The summed E-state index contributed by atoms with van der Waals surface area (Å²) >= 11 is -5.11. The summed E-state index contributed by atoms with van der Waals surface area (Å²) in [5.74, 6) is -0.385. The van der Waals surface area contributed by atoms with Crippen LogP contribution in [0.25, 0.3) is 23.3 Å². The van der Waals surface area contributed by atoms with E-state index in [-0.39, 0.29) is 28.4 Å². The molecule has 3 heteroatoms. The minimum atomic E-state index is -5.11. The molecule has 0 radical (unpaired) electrons. The summed E-state index contributed by atoms with van der Waals surface area (Å²) in [5.41, 5.74) is 11.6. The van der Waals surface area contributed by atoms with Crippen molar-refractivity contribution in [3.8, 4) is 11.1 Å². The average molecular weight is 686 g/mol. The van der Waals surface area contributed by atoms with Crippen molar-refractivity contribution in [3.63, 3.8) is 0 Å². The summed E-state index contributed by atoms with van der Waals surface area (Å²) in [7, 11) is 0. The van der Waals surface area contributed by atoms with Gasteiger partial charge in [-0.1, -0.05) is 0 Å². The fraction of sp³-hybridized carbons (Fsp3) is 0.233. The van der Waals surface area contributed by atoms with Crippen LogP contribution in [0.15, 0.2) is 103 Å². The monoisotopic (exact) mass is 684 g/mol. The molecule has 0 amide bonds. The molecule has 0 heterocycles. The van der Waals surface area contributed by atoms with Crippen LogP contribution < -0.4 is 6.54 Å². The number of halogens is 2. The number of hydrogen-bond donors (Lipinski definition) is 0. The molecule has 4 aromatic rings. The zero-order chi connectivity index (χ0) is 32.4. The van der Waals surface area contributed by atoms with Crippen LogP contribution >= 0.6 is 0 Å². The molecule has 0 saturated heterocycles. The van der Waals surface area contributed by atoms with E-state index in [4.69, 9.17) is 4.21 Å². The van der Waals surface area contributed by atoms with Gasteiger partial charge in [0.15, 0.2) is 0 Å². The topological polar surface area (TPSA) is 0 Å². The van der Waals surface area contributed by atoms with Crippen LogP contribution in [0.1, 0.15) is 74.9 Å². The molecule has 0 aromatic heterocycles. The summed E-state index contributed by atoms with van der Waals surface area (Å²) in [6.45, 7) is 13.7. The summed E-state index contributed by atoms with van der Waals surface area (Å²) in [6.07, 6.45) is 12.6. The molecule has 46 heavy (non-hydrogen) atoms. The normalized spacial score (nSPS) is 20.1. The third-order valence-corrected chi connectivity index (χ3v) is 29.1. The van der Waals surface area contributed by atoms with E-state index >= 15 is 0 Å². The molecular formula is C43H40F2Zr. The van der Waals surface area contributed by atoms with Crippen LogP contribution in [0.3, 0.4) is 0 Å². The summed E-state index contributed by atoms with van der Waals surface area (Å²) in [4.78, 5) is 0. The van der Waals surface area contributed by atoms with E-state index in [2.05, 4.69) is 96.2 Å². The maximum atomic E-state index is 14.6. The van der Waals surface area contributed by atoms with Crippen molar-refractivity contribution in [1.82, 2.24) is 0 Å². The molecule has 0 bridgehead atoms. The van der Waals surface area contributed by atoms with Gasteiger partial charge in [0.2, 0.25) is 0 Å². The Labute approximate surface area is 272 Å². The molecule has 4 aliphatic rings. The van der Waals surface area contributed by atoms with Gasteiger partial charge in [0, 0.05) is 0 Å². The van der Waals surface area contributed by atoms with E-state index in [0.717, 1.165) is 13.0 Å². The van der Waals surface area contributed by atoms with Gasteiger partial charge < -0.3 is 0 Å². The average Bonchev–Trinajstić information content (AvgIpc) is 3.72. The van der Waals surface area contributed by atoms with Gasteiger partial charge in [0.25, 0.3) is 0 Å². The fourth-order valence-corrected chi connectivity index (χ4v) is 27.7. The van der Waals surface area contributed by atoms with E-state index in [9.17, 15) is 8.78 Å². The number of allylic oxidation sites excluding steroid dienone is 6. The van der Waals surface area contributed by atoms with Crippen LogP contribution in [0.5, 0.6) is 0 Å². The third-order valence-electron chi connectivity index (χ3n) is 11.8. The Morgan fingerprint density at radius 1 is 0.739 bits per heavy atom. The van der Waals surface area contributed by atoms with Gasteiger partial charge in [0.1, 0.15) is 0 Å². The van der Waals surface area contributed by atoms with E-state index in [1.807, 2.05) is 24.3 Å². The Kier molecular flexibility index (Phi) is 6.17. The van der Waals surface area contributed by atoms with E-state index < -0.39 is 18.3 Å². The zero-order valence-corrected chi connectivity index (χ0v) is 30.0. The summed E-state index contributed by atoms with van der Waals surface area (Å²) in [5, 5.41) is 0. The molecule has 1 unspecified atom stereocenters.